The van der Waals surface area contributed by atoms with E-state index in [1.54, 1.807) is 24.3 Å². The van der Waals surface area contributed by atoms with E-state index in [1.165, 1.54) is 70.5 Å². The molecule has 1 rings (SSSR count). The molecule has 0 aliphatic carbocycles. The SMILES string of the molecule is CN(CC(=O)OCc1ccccc1)C(=O)CN(C)C(=O)CN(C)C(=O)CN(C)C(=O)CN(C)C(=O)CN(C)C(=O)CN(C)C(=O)CN(C)C(=O)CN(C)C(=O)CN(C)C(=O)CCCC(=O)O. The number of amides is 10. The van der Waals surface area contributed by atoms with E-state index in [2.05, 4.69) is 0 Å². The summed E-state index contributed by atoms with van der Waals surface area (Å²) in [5, 5.41) is 8.73. The van der Waals surface area contributed by atoms with Crippen LogP contribution in [-0.4, -0.2) is 261 Å². The van der Waals surface area contributed by atoms with Crippen molar-refractivity contribution >= 4 is 71.0 Å². The molecule has 66 heavy (non-hydrogen) atoms. The first-order chi connectivity index (χ1) is 30.7. The number of aliphatic carboxylic acids is 1. The lowest BCUT2D eigenvalue weighted by Gasteiger charge is -2.27. The number of esters is 1. The Morgan fingerprint density at radius 3 is 0.864 bits per heavy atom. The maximum Gasteiger partial charge on any atom is 0.325 e. The highest BCUT2D eigenvalue weighted by atomic mass is 16.5. The predicted octanol–water partition coefficient (Wildman–Crippen LogP) is -3.43. The Hall–Kier alpha value is -7.14. The molecule has 10 amide bonds. The van der Waals surface area contributed by atoms with Crippen molar-refractivity contribution in [1.29, 1.82) is 0 Å². The molecule has 0 bridgehead atoms. The molecule has 0 saturated heterocycles. The first kappa shape index (κ1) is 56.9. The van der Waals surface area contributed by atoms with Crippen molar-refractivity contribution in [3.05, 3.63) is 35.9 Å². The number of benzene rings is 1. The third-order valence-corrected chi connectivity index (χ3v) is 10.00. The van der Waals surface area contributed by atoms with Gasteiger partial charge in [0.2, 0.25) is 59.1 Å². The fourth-order valence-electron chi connectivity index (χ4n) is 5.35. The Labute approximate surface area is 384 Å². The highest BCUT2D eigenvalue weighted by molar-refractivity contribution is 5.94. The summed E-state index contributed by atoms with van der Waals surface area (Å²) in [7, 11) is 13.4. The summed E-state index contributed by atoms with van der Waals surface area (Å²) in [6, 6.07) is 8.99. The minimum absolute atomic E-state index is 0.0397. The molecule has 366 valence electrons. The summed E-state index contributed by atoms with van der Waals surface area (Å²) in [5.41, 5.74) is 0.780. The van der Waals surface area contributed by atoms with Crippen LogP contribution in [0, 0.1) is 0 Å². The quantitative estimate of drug-likeness (QED) is 0.0887. The van der Waals surface area contributed by atoms with E-state index in [1.807, 2.05) is 6.07 Å². The number of likely N-dealkylation sites (N-methyl/N-ethyl adjacent to an activating group) is 10. The number of carboxylic acid groups (broad SMARTS) is 1. The van der Waals surface area contributed by atoms with Crippen molar-refractivity contribution in [2.24, 2.45) is 0 Å². The lowest BCUT2D eigenvalue weighted by atomic mass is 10.2. The van der Waals surface area contributed by atoms with E-state index in [0.717, 1.165) is 54.6 Å². The Morgan fingerprint density at radius 2 is 0.606 bits per heavy atom. The normalized spacial score (nSPS) is 10.4. The summed E-state index contributed by atoms with van der Waals surface area (Å²) in [6.45, 7) is -4.17. The largest absolute Gasteiger partial charge is 0.481 e. The van der Waals surface area contributed by atoms with Crippen LogP contribution in [0.15, 0.2) is 30.3 Å². The van der Waals surface area contributed by atoms with Gasteiger partial charge in [-0.05, 0) is 12.0 Å². The molecule has 0 fully saturated rings. The van der Waals surface area contributed by atoms with Crippen molar-refractivity contribution in [2.45, 2.75) is 25.9 Å². The second-order valence-electron chi connectivity index (χ2n) is 15.9. The molecule has 24 nitrogen and oxygen atoms in total. The van der Waals surface area contributed by atoms with Gasteiger partial charge in [-0.3, -0.25) is 57.5 Å². The molecule has 1 aromatic carbocycles. The Balaban J connectivity index is 2.51. The Morgan fingerprint density at radius 1 is 0.364 bits per heavy atom. The molecule has 0 atom stereocenters. The minimum Gasteiger partial charge on any atom is -0.481 e. The minimum atomic E-state index is -1.05. The molecule has 1 N–H and O–H groups in total. The van der Waals surface area contributed by atoms with Crippen LogP contribution in [0.4, 0.5) is 0 Å². The topological polar surface area (TPSA) is 267 Å². The lowest BCUT2D eigenvalue weighted by Crippen LogP contribution is -2.49. The van der Waals surface area contributed by atoms with Gasteiger partial charge in [0.25, 0.3) is 0 Å². The summed E-state index contributed by atoms with van der Waals surface area (Å²) >= 11 is 0. The van der Waals surface area contributed by atoms with E-state index in [9.17, 15) is 57.5 Å². The van der Waals surface area contributed by atoms with E-state index >= 15 is 0 Å². The smallest absolute Gasteiger partial charge is 0.325 e. The van der Waals surface area contributed by atoms with Crippen LogP contribution in [-0.2, 0) is 68.9 Å². The summed E-state index contributed by atoms with van der Waals surface area (Å²) in [4.78, 5) is 161. The van der Waals surface area contributed by atoms with Crippen molar-refractivity contribution in [3.63, 3.8) is 0 Å². The van der Waals surface area contributed by atoms with Gasteiger partial charge in [-0.2, -0.15) is 0 Å². The number of carboxylic acids is 1. The van der Waals surface area contributed by atoms with Gasteiger partial charge < -0.3 is 58.8 Å². The molecule has 0 radical (unpaired) electrons. The van der Waals surface area contributed by atoms with Gasteiger partial charge >= 0.3 is 11.9 Å². The predicted molar refractivity (Wildman–Crippen MR) is 234 cm³/mol. The Bertz CT molecular complexity index is 1930. The van der Waals surface area contributed by atoms with Crippen LogP contribution in [0.5, 0.6) is 0 Å². The number of ether oxygens (including phenoxy) is 1. The molecule has 24 heteroatoms. The first-order valence-corrected chi connectivity index (χ1v) is 20.5. The van der Waals surface area contributed by atoms with Crippen molar-refractivity contribution in [3.8, 4) is 0 Å². The van der Waals surface area contributed by atoms with Crippen LogP contribution in [0.2, 0.25) is 0 Å². The van der Waals surface area contributed by atoms with Crippen LogP contribution in [0.25, 0.3) is 0 Å². The molecule has 0 aliphatic heterocycles. The van der Waals surface area contributed by atoms with Crippen molar-refractivity contribution in [1.82, 2.24) is 49.0 Å². The van der Waals surface area contributed by atoms with E-state index in [0.29, 0.717) is 0 Å². The van der Waals surface area contributed by atoms with Gasteiger partial charge in [-0.1, -0.05) is 30.3 Å². The van der Waals surface area contributed by atoms with Crippen LogP contribution in [0.1, 0.15) is 24.8 Å². The maximum absolute atomic E-state index is 12.9. The first-order valence-electron chi connectivity index (χ1n) is 20.5. The number of carbonyl (C=O) groups excluding carboxylic acids is 11. The number of rotatable bonds is 26. The van der Waals surface area contributed by atoms with Gasteiger partial charge in [0.1, 0.15) is 13.2 Å². The highest BCUT2D eigenvalue weighted by Gasteiger charge is 2.26. The fourth-order valence-corrected chi connectivity index (χ4v) is 5.35. The van der Waals surface area contributed by atoms with Crippen LogP contribution >= 0.6 is 0 Å². The standard InChI is InChI=1S/C42H64N10O14/c1-43(31(53)17-14-18-41(63)64)19-32(54)44(2)20-33(55)45(3)21-34(56)46(4)22-35(57)47(5)23-36(58)48(6)24-37(59)49(7)25-38(60)50(8)26-39(61)51(9)27-40(62)52(10)28-42(65)66-29-30-15-12-11-13-16-30/h11-13,15-16H,14,17-29H2,1-10H3,(H,63,64). The molecular formula is C42H64N10O14. The van der Waals surface area contributed by atoms with E-state index < -0.39 is 117 Å². The summed E-state index contributed by atoms with van der Waals surface area (Å²) < 4.78 is 5.19. The summed E-state index contributed by atoms with van der Waals surface area (Å²) in [6.07, 6.45) is -0.147. The lowest BCUT2D eigenvalue weighted by molar-refractivity contribution is -0.150. The van der Waals surface area contributed by atoms with Crippen molar-refractivity contribution < 1.29 is 67.4 Å². The number of hydrogen-bond acceptors (Lipinski definition) is 13. The summed E-state index contributed by atoms with van der Waals surface area (Å²) in [5.74, 6) is -7.58. The molecule has 0 saturated carbocycles. The molecule has 0 spiro atoms. The maximum atomic E-state index is 12.9. The molecule has 0 heterocycles. The number of hydrogen-bond donors (Lipinski definition) is 1. The van der Waals surface area contributed by atoms with Crippen molar-refractivity contribution in [2.75, 3.05) is 136 Å². The molecule has 0 aliphatic rings. The van der Waals surface area contributed by atoms with Gasteiger partial charge in [0, 0.05) is 83.3 Å². The monoisotopic (exact) mass is 932 g/mol. The highest BCUT2D eigenvalue weighted by Crippen LogP contribution is 2.04. The second-order valence-corrected chi connectivity index (χ2v) is 15.9. The molecule has 1 aromatic rings. The molecule has 0 unspecified atom stereocenters. The van der Waals surface area contributed by atoms with Crippen LogP contribution in [0.3, 0.4) is 0 Å². The van der Waals surface area contributed by atoms with Gasteiger partial charge in [0.05, 0.1) is 58.9 Å². The van der Waals surface area contributed by atoms with Gasteiger partial charge in [0.15, 0.2) is 0 Å². The number of carbonyl (C=O) groups is 12. The zero-order chi connectivity index (χ0) is 50.4. The molecular weight excluding hydrogens is 869 g/mol. The van der Waals surface area contributed by atoms with Gasteiger partial charge in [-0.15, -0.1) is 0 Å². The Kier molecular flexibility index (Phi) is 24.1. The van der Waals surface area contributed by atoms with Crippen LogP contribution < -0.4 is 0 Å². The molecule has 0 aromatic heterocycles. The number of nitrogens with zero attached hydrogens (tertiary/aromatic N) is 10. The van der Waals surface area contributed by atoms with E-state index in [4.69, 9.17) is 9.84 Å². The third-order valence-electron chi connectivity index (χ3n) is 10.00. The second kappa shape index (κ2) is 27.9. The van der Waals surface area contributed by atoms with E-state index in [-0.39, 0.29) is 45.5 Å². The fraction of sp³-hybridized carbons (Fsp3) is 0.571. The average Bonchev–Trinajstić information content (AvgIpc) is 3.24. The third kappa shape index (κ3) is 21.0. The average molecular weight is 933 g/mol. The zero-order valence-corrected chi connectivity index (χ0v) is 39.5. The van der Waals surface area contributed by atoms with Gasteiger partial charge in [-0.25, -0.2) is 0 Å². The zero-order valence-electron chi connectivity index (χ0n) is 39.5.